The molecule has 9 nitrogen and oxygen atoms in total. The molecular weight excluding hydrogens is 533 g/mol. The van der Waals surface area contributed by atoms with Crippen LogP contribution in [0.3, 0.4) is 0 Å². The number of carbonyl (C=O) groups is 2. The molecule has 1 N–H and O–H groups in total. The minimum Gasteiger partial charge on any atom is -0.462 e. The lowest BCUT2D eigenvalue weighted by Gasteiger charge is -2.59. The fraction of sp³-hybridized carbons (Fsp3) is 0.909. The Morgan fingerprint density at radius 2 is 1.62 bits per heavy atom. The Morgan fingerprint density at radius 3 is 2.14 bits per heavy atom. The molecule has 1 saturated heterocycles. The second kappa shape index (κ2) is 9.56. The summed E-state index contributed by atoms with van der Waals surface area (Å²) in [5.74, 6) is -5.01. The van der Waals surface area contributed by atoms with Crippen molar-refractivity contribution in [3.8, 4) is 0 Å². The van der Waals surface area contributed by atoms with Gasteiger partial charge in [-0.15, -0.1) is 0 Å². The van der Waals surface area contributed by atoms with Crippen LogP contribution in [-0.2, 0) is 38.1 Å². The van der Waals surface area contributed by atoms with Gasteiger partial charge in [0.2, 0.25) is 0 Å². The lowest BCUT2D eigenvalue weighted by Crippen LogP contribution is -2.66. The smallest absolute Gasteiger partial charge is 0.446 e. The van der Waals surface area contributed by atoms with Crippen molar-refractivity contribution in [2.24, 2.45) is 17.8 Å². The van der Waals surface area contributed by atoms with E-state index in [1.54, 1.807) is 0 Å². The molecule has 4 saturated carbocycles. The molecule has 15 heteroatoms. The fourth-order valence-electron chi connectivity index (χ4n) is 6.49. The fourth-order valence-corrected chi connectivity index (χ4v) is 7.37. The van der Waals surface area contributed by atoms with E-state index in [4.69, 9.17) is 14.2 Å². The SMILES string of the molecule is CC(=O)OC1C2CC3CC1CC(NC(=O)C(F)(F)S(=O)(=O)OC(CC1(C)OCCCO1)C(F)(F)F)(C3)C2. The molecule has 5 fully saturated rings. The molecule has 4 aliphatic carbocycles. The number of hydrogen-bond donors (Lipinski definition) is 1. The van der Waals surface area contributed by atoms with Gasteiger partial charge in [-0.1, -0.05) is 0 Å². The number of hydrogen-bond acceptors (Lipinski definition) is 8. The molecule has 3 atom stereocenters. The molecule has 0 aromatic carbocycles. The van der Waals surface area contributed by atoms with Gasteiger partial charge in [0.1, 0.15) is 6.10 Å². The average molecular weight is 564 g/mol. The highest BCUT2D eigenvalue weighted by molar-refractivity contribution is 7.88. The van der Waals surface area contributed by atoms with Crippen LogP contribution in [0.25, 0.3) is 0 Å². The second-order valence-electron chi connectivity index (χ2n) is 10.8. The molecule has 0 aromatic rings. The number of rotatable bonds is 8. The quantitative estimate of drug-likeness (QED) is 0.272. The van der Waals surface area contributed by atoms with Gasteiger partial charge in [0.15, 0.2) is 11.9 Å². The summed E-state index contributed by atoms with van der Waals surface area (Å²) in [6.07, 6.45) is -7.88. The Hall–Kier alpha value is -1.58. The molecule has 1 heterocycles. The maximum absolute atomic E-state index is 14.9. The van der Waals surface area contributed by atoms with Crippen LogP contribution in [0.1, 0.15) is 58.8 Å². The van der Waals surface area contributed by atoms with Crippen molar-refractivity contribution in [1.29, 1.82) is 0 Å². The number of amides is 1. The predicted octanol–water partition coefficient (Wildman–Crippen LogP) is 3.03. The lowest BCUT2D eigenvalue weighted by molar-refractivity contribution is -0.288. The van der Waals surface area contributed by atoms with Gasteiger partial charge in [0, 0.05) is 18.9 Å². The van der Waals surface area contributed by atoms with E-state index in [2.05, 4.69) is 9.50 Å². The largest absolute Gasteiger partial charge is 0.462 e. The Bertz CT molecular complexity index is 997. The van der Waals surface area contributed by atoms with Crippen LogP contribution in [0.2, 0.25) is 0 Å². The first-order valence-electron chi connectivity index (χ1n) is 12.1. The van der Waals surface area contributed by atoms with Crippen molar-refractivity contribution in [2.45, 2.75) is 93.8 Å². The third-order valence-corrected chi connectivity index (χ3v) is 9.01. The highest BCUT2D eigenvalue weighted by Crippen LogP contribution is 2.57. The van der Waals surface area contributed by atoms with Crippen molar-refractivity contribution in [2.75, 3.05) is 13.2 Å². The summed E-state index contributed by atoms with van der Waals surface area (Å²) in [7, 11) is -6.38. The summed E-state index contributed by atoms with van der Waals surface area (Å²) in [6, 6.07) is 0. The number of esters is 1. The van der Waals surface area contributed by atoms with Crippen molar-refractivity contribution < 1.29 is 58.4 Å². The van der Waals surface area contributed by atoms with Crippen LogP contribution in [0.5, 0.6) is 0 Å². The number of carbonyl (C=O) groups excluding carboxylic acids is 2. The molecule has 1 amide bonds. The van der Waals surface area contributed by atoms with E-state index in [0.717, 1.165) is 6.92 Å². The van der Waals surface area contributed by atoms with Crippen LogP contribution < -0.4 is 5.32 Å². The first-order chi connectivity index (χ1) is 17.0. The maximum Gasteiger partial charge on any atom is 0.446 e. The standard InChI is InChI=1S/C22H30F5NO8S/c1-12(29)35-17-14-6-13-7-15(17)10-20(8-13,9-14)28-18(30)22(26,27)37(31,32)36-16(21(23,24)25)11-19(2)33-4-3-5-34-19/h13-17H,3-11H2,1-2H3,(H,28,30). The van der Waals surface area contributed by atoms with Crippen LogP contribution in [0.15, 0.2) is 0 Å². The summed E-state index contributed by atoms with van der Waals surface area (Å²) in [4.78, 5) is 24.1. The third kappa shape index (κ3) is 5.74. The molecule has 1 aliphatic heterocycles. The first-order valence-corrected chi connectivity index (χ1v) is 13.5. The van der Waals surface area contributed by atoms with Gasteiger partial charge in [-0.3, -0.25) is 13.8 Å². The third-order valence-electron chi connectivity index (χ3n) is 7.71. The monoisotopic (exact) mass is 563 g/mol. The molecular formula is C22H30F5NO8S. The van der Waals surface area contributed by atoms with E-state index >= 15 is 0 Å². The maximum atomic E-state index is 14.9. The first kappa shape index (κ1) is 28.4. The molecule has 5 rings (SSSR count). The highest BCUT2D eigenvalue weighted by atomic mass is 32.2. The van der Waals surface area contributed by atoms with Gasteiger partial charge in [-0.25, -0.2) is 0 Å². The molecule has 3 unspecified atom stereocenters. The van der Waals surface area contributed by atoms with Crippen LogP contribution >= 0.6 is 0 Å². The van der Waals surface area contributed by atoms with Crippen LogP contribution in [-0.4, -0.2) is 68.5 Å². The van der Waals surface area contributed by atoms with Gasteiger partial charge < -0.3 is 19.5 Å². The van der Waals surface area contributed by atoms with E-state index in [9.17, 15) is 40.0 Å². The van der Waals surface area contributed by atoms with E-state index in [1.807, 2.05) is 0 Å². The Morgan fingerprint density at radius 1 is 1.05 bits per heavy atom. The van der Waals surface area contributed by atoms with E-state index in [1.165, 1.54) is 6.92 Å². The topological polar surface area (TPSA) is 117 Å². The molecule has 37 heavy (non-hydrogen) atoms. The van der Waals surface area contributed by atoms with E-state index in [0.29, 0.717) is 25.7 Å². The number of halogens is 5. The molecule has 0 aromatic heterocycles. The van der Waals surface area contributed by atoms with Gasteiger partial charge >= 0.3 is 33.4 Å². The molecule has 0 spiro atoms. The van der Waals surface area contributed by atoms with Gasteiger partial charge in [0.05, 0.1) is 13.2 Å². The molecule has 212 valence electrons. The van der Waals surface area contributed by atoms with Crippen molar-refractivity contribution in [3.63, 3.8) is 0 Å². The summed E-state index contributed by atoms with van der Waals surface area (Å²) in [5.41, 5.74) is -1.18. The van der Waals surface area contributed by atoms with Gasteiger partial charge in [-0.2, -0.15) is 30.4 Å². The minimum atomic E-state index is -6.38. The zero-order valence-corrected chi connectivity index (χ0v) is 21.1. The highest BCUT2D eigenvalue weighted by Gasteiger charge is 2.62. The van der Waals surface area contributed by atoms with Crippen molar-refractivity contribution in [1.82, 2.24) is 5.32 Å². The van der Waals surface area contributed by atoms with Gasteiger partial charge in [0.25, 0.3) is 0 Å². The second-order valence-corrected chi connectivity index (χ2v) is 12.4. The number of nitrogens with one attached hydrogen (secondary N) is 1. The normalized spacial score (nSPS) is 34.1. The number of alkyl halides is 5. The minimum absolute atomic E-state index is 0.0236. The number of ether oxygens (including phenoxy) is 3. The molecule has 0 radical (unpaired) electrons. The van der Waals surface area contributed by atoms with Crippen molar-refractivity contribution in [3.05, 3.63) is 0 Å². The van der Waals surface area contributed by atoms with E-state index < -0.39 is 63.4 Å². The zero-order valence-electron chi connectivity index (χ0n) is 20.3. The average Bonchev–Trinajstić information content (AvgIpc) is 2.74. The Balaban J connectivity index is 1.48. The summed E-state index contributed by atoms with van der Waals surface area (Å²) >= 11 is 0. The summed E-state index contributed by atoms with van der Waals surface area (Å²) < 4.78 is 115. The van der Waals surface area contributed by atoms with Crippen molar-refractivity contribution >= 4 is 22.0 Å². The van der Waals surface area contributed by atoms with Crippen LogP contribution in [0.4, 0.5) is 22.0 Å². The van der Waals surface area contributed by atoms with E-state index in [-0.39, 0.29) is 43.8 Å². The lowest BCUT2D eigenvalue weighted by atomic mass is 9.51. The summed E-state index contributed by atoms with van der Waals surface area (Å²) in [5, 5.41) is -3.17. The van der Waals surface area contributed by atoms with Gasteiger partial charge in [-0.05, 0) is 63.2 Å². The molecule has 4 bridgehead atoms. The predicted molar refractivity (Wildman–Crippen MR) is 114 cm³/mol. The molecule has 5 aliphatic rings. The summed E-state index contributed by atoms with van der Waals surface area (Å²) in [6.45, 7) is 2.42. The van der Waals surface area contributed by atoms with Crippen LogP contribution in [0, 0.1) is 17.8 Å². The Kier molecular flexibility index (Phi) is 7.34. The Labute approximate surface area is 210 Å². The zero-order chi connectivity index (χ0) is 27.4.